The van der Waals surface area contributed by atoms with E-state index in [9.17, 15) is 19.1 Å². The number of carboxylic acids is 1. The second-order valence-corrected chi connectivity index (χ2v) is 6.82. The lowest BCUT2D eigenvalue weighted by Crippen LogP contribution is -2.31. The van der Waals surface area contributed by atoms with Crippen LogP contribution in [-0.4, -0.2) is 35.7 Å². The van der Waals surface area contributed by atoms with Crippen molar-refractivity contribution in [3.8, 4) is 22.8 Å². The van der Waals surface area contributed by atoms with E-state index in [0.29, 0.717) is 29.4 Å². The van der Waals surface area contributed by atoms with Crippen LogP contribution < -0.4 is 14.8 Å². The Morgan fingerprint density at radius 2 is 1.78 bits per heavy atom. The highest BCUT2D eigenvalue weighted by molar-refractivity contribution is 5.94. The van der Waals surface area contributed by atoms with E-state index in [1.807, 2.05) is 19.1 Å². The predicted molar refractivity (Wildman–Crippen MR) is 116 cm³/mol. The number of aromatic nitrogens is 1. The van der Waals surface area contributed by atoms with Gasteiger partial charge in [-0.2, -0.15) is 0 Å². The molecule has 0 unspecified atom stereocenters. The number of aliphatic carboxylic acids is 1. The zero-order valence-corrected chi connectivity index (χ0v) is 17.7. The number of carbonyl (C=O) groups excluding carboxylic acids is 1. The summed E-state index contributed by atoms with van der Waals surface area (Å²) in [6, 6.07) is 14.9. The molecule has 2 aromatic carbocycles. The van der Waals surface area contributed by atoms with Crippen LogP contribution in [0.3, 0.4) is 0 Å². The fraction of sp³-hybridized carbons (Fsp3) is 0.208. The van der Waals surface area contributed by atoms with Crippen molar-refractivity contribution in [3.63, 3.8) is 0 Å². The quantitative estimate of drug-likeness (QED) is 0.519. The molecule has 166 valence electrons. The number of hydrogen-bond acceptors (Lipinski definition) is 5. The average Bonchev–Trinajstić information content (AvgIpc) is 2.79. The molecule has 32 heavy (non-hydrogen) atoms. The van der Waals surface area contributed by atoms with Gasteiger partial charge in [-0.3, -0.25) is 9.59 Å². The number of nitrogens with zero attached hydrogens (tertiary/aromatic N) is 1. The van der Waals surface area contributed by atoms with E-state index in [1.165, 1.54) is 31.4 Å². The fourth-order valence-corrected chi connectivity index (χ4v) is 3.28. The first-order valence-electron chi connectivity index (χ1n) is 9.98. The molecule has 0 aliphatic heterocycles. The third-order valence-electron chi connectivity index (χ3n) is 4.72. The number of nitrogens with one attached hydrogen (secondary N) is 1. The highest BCUT2D eigenvalue weighted by Gasteiger charge is 2.23. The molecule has 2 N–H and O–H groups in total. The lowest BCUT2D eigenvalue weighted by molar-refractivity contribution is -0.137. The number of methoxy groups -OCH3 is 1. The minimum Gasteiger partial charge on any atom is -0.494 e. The van der Waals surface area contributed by atoms with Gasteiger partial charge < -0.3 is 19.9 Å². The van der Waals surface area contributed by atoms with Gasteiger partial charge in [0.25, 0.3) is 5.91 Å². The Kier molecular flexibility index (Phi) is 7.38. The van der Waals surface area contributed by atoms with E-state index in [2.05, 4.69) is 10.3 Å². The van der Waals surface area contributed by atoms with Gasteiger partial charge in [0.1, 0.15) is 28.7 Å². The largest absolute Gasteiger partial charge is 0.494 e. The Morgan fingerprint density at radius 1 is 1.06 bits per heavy atom. The molecule has 7 nitrogen and oxygen atoms in total. The van der Waals surface area contributed by atoms with E-state index in [-0.39, 0.29) is 11.3 Å². The summed E-state index contributed by atoms with van der Waals surface area (Å²) < 4.78 is 25.3. The van der Waals surface area contributed by atoms with Crippen LogP contribution in [0.5, 0.6) is 11.5 Å². The third kappa shape index (κ3) is 5.21. The molecule has 3 rings (SSSR count). The Labute approximate surface area is 184 Å². The highest BCUT2D eigenvalue weighted by atomic mass is 19.1. The van der Waals surface area contributed by atoms with Crippen molar-refractivity contribution in [2.24, 2.45) is 0 Å². The molecule has 0 fully saturated rings. The van der Waals surface area contributed by atoms with Crippen molar-refractivity contribution >= 4 is 11.9 Å². The van der Waals surface area contributed by atoms with Crippen LogP contribution in [0.1, 0.15) is 35.4 Å². The van der Waals surface area contributed by atoms with Crippen LogP contribution in [0, 0.1) is 5.82 Å². The van der Waals surface area contributed by atoms with E-state index in [4.69, 9.17) is 9.47 Å². The molecule has 8 heteroatoms. The number of para-hydroxylation sites is 1. The second-order valence-electron chi connectivity index (χ2n) is 6.82. The Bertz CT molecular complexity index is 1120. The zero-order chi connectivity index (χ0) is 23.1. The summed E-state index contributed by atoms with van der Waals surface area (Å²) in [7, 11) is 1.49. The van der Waals surface area contributed by atoms with Crippen molar-refractivity contribution < 1.29 is 28.6 Å². The fourth-order valence-electron chi connectivity index (χ4n) is 3.28. The standard InChI is InChI=1S/C24H23FN2O5/c1-3-32-20-11-7-5-9-16(20)23-21(31-2)13-12-18(26-23)24(30)27-19(14-22(28)29)15-8-4-6-10-17(15)25/h4-13,19H,3,14H2,1-2H3,(H,27,30)(H,28,29)/t19-/m0/s1. The molecule has 1 amide bonds. The predicted octanol–water partition coefficient (Wildman–Crippen LogP) is 4.24. The van der Waals surface area contributed by atoms with Gasteiger partial charge in [0.2, 0.25) is 0 Å². The smallest absolute Gasteiger partial charge is 0.305 e. The highest BCUT2D eigenvalue weighted by Crippen LogP contribution is 2.35. The maximum Gasteiger partial charge on any atom is 0.305 e. The molecule has 0 aliphatic carbocycles. The molecule has 0 bridgehead atoms. The number of amides is 1. The first-order chi connectivity index (χ1) is 15.4. The van der Waals surface area contributed by atoms with Gasteiger partial charge >= 0.3 is 5.97 Å². The zero-order valence-electron chi connectivity index (χ0n) is 17.7. The Balaban J connectivity index is 1.97. The summed E-state index contributed by atoms with van der Waals surface area (Å²) in [6.07, 6.45) is -0.483. The van der Waals surface area contributed by atoms with Gasteiger partial charge in [-0.15, -0.1) is 0 Å². The van der Waals surface area contributed by atoms with E-state index >= 15 is 0 Å². The SMILES string of the molecule is CCOc1ccccc1-c1nc(C(=O)N[C@@H](CC(=O)O)c2ccccc2F)ccc1OC. The van der Waals surface area contributed by atoms with E-state index in [0.717, 1.165) is 0 Å². The minimum absolute atomic E-state index is 0.0267. The van der Waals surface area contributed by atoms with Gasteiger partial charge in [0, 0.05) is 11.1 Å². The van der Waals surface area contributed by atoms with Gasteiger partial charge in [-0.05, 0) is 37.3 Å². The van der Waals surface area contributed by atoms with Crippen LogP contribution in [0.25, 0.3) is 11.3 Å². The van der Waals surface area contributed by atoms with Gasteiger partial charge in [-0.25, -0.2) is 9.37 Å². The first-order valence-corrected chi connectivity index (χ1v) is 9.98. The number of ether oxygens (including phenoxy) is 2. The number of carboxylic acid groups (broad SMARTS) is 1. The summed E-state index contributed by atoms with van der Waals surface area (Å²) in [4.78, 5) is 28.7. The second kappa shape index (κ2) is 10.4. The van der Waals surface area contributed by atoms with Crippen molar-refractivity contribution in [1.29, 1.82) is 0 Å². The van der Waals surface area contributed by atoms with Gasteiger partial charge in [-0.1, -0.05) is 30.3 Å². The van der Waals surface area contributed by atoms with Crippen molar-refractivity contribution in [3.05, 3.63) is 77.7 Å². The van der Waals surface area contributed by atoms with Crippen LogP contribution >= 0.6 is 0 Å². The monoisotopic (exact) mass is 438 g/mol. The number of hydrogen-bond donors (Lipinski definition) is 2. The molecule has 0 saturated heterocycles. The number of benzene rings is 2. The molecule has 0 spiro atoms. The third-order valence-corrected chi connectivity index (χ3v) is 4.72. The maximum atomic E-state index is 14.3. The van der Waals surface area contributed by atoms with Crippen LogP contribution in [0.15, 0.2) is 60.7 Å². The molecule has 0 radical (unpaired) electrons. The maximum absolute atomic E-state index is 14.3. The van der Waals surface area contributed by atoms with Crippen LogP contribution in [-0.2, 0) is 4.79 Å². The number of rotatable bonds is 9. The molecular formula is C24H23FN2O5. The van der Waals surface area contributed by atoms with Crippen molar-refractivity contribution in [2.45, 2.75) is 19.4 Å². The topological polar surface area (TPSA) is 97.8 Å². The minimum atomic E-state index is -1.17. The molecule has 1 aromatic heterocycles. The summed E-state index contributed by atoms with van der Waals surface area (Å²) in [6.45, 7) is 2.30. The molecule has 3 aromatic rings. The lowest BCUT2D eigenvalue weighted by atomic mass is 10.0. The van der Waals surface area contributed by atoms with Gasteiger partial charge in [0.15, 0.2) is 0 Å². The Morgan fingerprint density at radius 3 is 2.47 bits per heavy atom. The first kappa shape index (κ1) is 22.7. The average molecular weight is 438 g/mol. The molecule has 0 saturated carbocycles. The lowest BCUT2D eigenvalue weighted by Gasteiger charge is -2.18. The summed E-state index contributed by atoms with van der Waals surface area (Å²) in [5, 5.41) is 11.8. The number of halogens is 1. The summed E-state index contributed by atoms with van der Waals surface area (Å²) in [5.41, 5.74) is 1.14. The van der Waals surface area contributed by atoms with Crippen LogP contribution in [0.4, 0.5) is 4.39 Å². The van der Waals surface area contributed by atoms with Crippen molar-refractivity contribution in [2.75, 3.05) is 13.7 Å². The molecule has 1 atom stereocenters. The Hall–Kier alpha value is -3.94. The summed E-state index contributed by atoms with van der Waals surface area (Å²) >= 11 is 0. The molecule has 0 aliphatic rings. The molecular weight excluding hydrogens is 415 g/mol. The van der Waals surface area contributed by atoms with Crippen molar-refractivity contribution in [1.82, 2.24) is 10.3 Å². The number of carbonyl (C=O) groups is 2. The van der Waals surface area contributed by atoms with Crippen LogP contribution in [0.2, 0.25) is 0 Å². The van der Waals surface area contributed by atoms with E-state index in [1.54, 1.807) is 24.3 Å². The normalized spacial score (nSPS) is 11.5. The summed E-state index contributed by atoms with van der Waals surface area (Å²) in [5.74, 6) is -1.41. The molecule has 1 heterocycles. The van der Waals surface area contributed by atoms with E-state index < -0.39 is 30.2 Å². The number of pyridine rings is 1. The van der Waals surface area contributed by atoms with Gasteiger partial charge in [0.05, 0.1) is 26.2 Å².